The largest absolute Gasteiger partial charge is 0.480 e. The molecule has 0 spiro atoms. The van der Waals surface area contributed by atoms with Crippen molar-refractivity contribution in [2.24, 2.45) is 7.05 Å². The fourth-order valence-electron chi connectivity index (χ4n) is 2.37. The number of aliphatic carboxylic acids is 1. The predicted octanol–water partition coefficient (Wildman–Crippen LogP) is 1.25. The van der Waals surface area contributed by atoms with Crippen LogP contribution in [0.5, 0.6) is 0 Å². The van der Waals surface area contributed by atoms with E-state index in [1.807, 2.05) is 22.7 Å². The standard InChI is InChI=1S/C12H19N3O2/c1-14-8-6-13-11(14)9-15-7-4-2-3-5-10(15)12(16)17/h6,8,10H,2-5,7,9H2,1H3,(H,16,17). The van der Waals surface area contributed by atoms with Crippen LogP contribution in [0, 0.1) is 0 Å². The first-order valence-corrected chi connectivity index (χ1v) is 6.11. The van der Waals surface area contributed by atoms with Crippen molar-refractivity contribution in [3.8, 4) is 0 Å². The minimum Gasteiger partial charge on any atom is -0.480 e. The maximum Gasteiger partial charge on any atom is 0.320 e. The van der Waals surface area contributed by atoms with Gasteiger partial charge in [0.25, 0.3) is 0 Å². The van der Waals surface area contributed by atoms with Gasteiger partial charge in [0.15, 0.2) is 0 Å². The Bertz CT molecular complexity index is 389. The van der Waals surface area contributed by atoms with E-state index in [1.54, 1.807) is 6.20 Å². The second-order valence-corrected chi connectivity index (χ2v) is 4.63. The molecule has 0 saturated carbocycles. The number of carboxylic acid groups (broad SMARTS) is 1. The van der Waals surface area contributed by atoms with E-state index in [9.17, 15) is 9.90 Å². The van der Waals surface area contributed by atoms with Crippen LogP contribution in [0.15, 0.2) is 12.4 Å². The number of carboxylic acids is 1. The van der Waals surface area contributed by atoms with Crippen LogP contribution in [0.2, 0.25) is 0 Å². The first kappa shape index (κ1) is 12.1. The van der Waals surface area contributed by atoms with Crippen molar-refractivity contribution in [2.45, 2.75) is 38.3 Å². The molecule has 2 heterocycles. The molecule has 0 amide bonds. The molecule has 0 aliphatic carbocycles. The third-order valence-corrected chi connectivity index (χ3v) is 3.41. The van der Waals surface area contributed by atoms with Crippen LogP contribution in [0.1, 0.15) is 31.5 Å². The summed E-state index contributed by atoms with van der Waals surface area (Å²) >= 11 is 0. The molecule has 5 heteroatoms. The zero-order valence-corrected chi connectivity index (χ0v) is 10.2. The summed E-state index contributed by atoms with van der Waals surface area (Å²) in [7, 11) is 1.94. The number of likely N-dealkylation sites (tertiary alicyclic amines) is 1. The van der Waals surface area contributed by atoms with Crippen molar-refractivity contribution in [2.75, 3.05) is 6.54 Å². The summed E-state index contributed by atoms with van der Waals surface area (Å²) in [5.74, 6) is 0.222. The molecule has 1 fully saturated rings. The molecular formula is C12H19N3O2. The lowest BCUT2D eigenvalue weighted by Crippen LogP contribution is -2.40. The summed E-state index contributed by atoms with van der Waals surface area (Å²) in [4.78, 5) is 17.6. The van der Waals surface area contributed by atoms with Crippen molar-refractivity contribution < 1.29 is 9.90 Å². The Labute approximate surface area is 101 Å². The van der Waals surface area contributed by atoms with Gasteiger partial charge in [0.05, 0.1) is 6.54 Å². The maximum atomic E-state index is 11.3. The lowest BCUT2D eigenvalue weighted by molar-refractivity contribution is -0.143. The molecule has 2 rings (SSSR count). The van der Waals surface area contributed by atoms with E-state index in [2.05, 4.69) is 4.98 Å². The molecule has 1 atom stereocenters. The highest BCUT2D eigenvalue weighted by molar-refractivity contribution is 5.73. The first-order chi connectivity index (χ1) is 8.18. The number of aromatic nitrogens is 2. The van der Waals surface area contributed by atoms with Crippen LogP contribution >= 0.6 is 0 Å². The van der Waals surface area contributed by atoms with Gasteiger partial charge < -0.3 is 9.67 Å². The van der Waals surface area contributed by atoms with Crippen molar-refractivity contribution in [1.82, 2.24) is 14.5 Å². The van der Waals surface area contributed by atoms with Crippen molar-refractivity contribution in [3.63, 3.8) is 0 Å². The van der Waals surface area contributed by atoms with Crippen molar-refractivity contribution in [3.05, 3.63) is 18.2 Å². The molecule has 1 unspecified atom stereocenters. The number of nitrogens with zero attached hydrogens (tertiary/aromatic N) is 3. The van der Waals surface area contributed by atoms with Crippen molar-refractivity contribution in [1.29, 1.82) is 0 Å². The molecule has 17 heavy (non-hydrogen) atoms. The zero-order chi connectivity index (χ0) is 12.3. The minimum absolute atomic E-state index is 0.353. The van der Waals surface area contributed by atoms with Crippen LogP contribution in [-0.2, 0) is 18.4 Å². The molecule has 0 radical (unpaired) electrons. The Morgan fingerprint density at radius 3 is 3.00 bits per heavy atom. The van der Waals surface area contributed by atoms with Gasteiger partial charge in [-0.25, -0.2) is 4.98 Å². The molecule has 94 valence electrons. The lowest BCUT2D eigenvalue weighted by atomic mass is 10.1. The van der Waals surface area contributed by atoms with Gasteiger partial charge in [-0.1, -0.05) is 12.8 Å². The van der Waals surface area contributed by atoms with Crippen LogP contribution in [0.3, 0.4) is 0 Å². The van der Waals surface area contributed by atoms with E-state index in [-0.39, 0.29) is 6.04 Å². The van der Waals surface area contributed by atoms with E-state index in [4.69, 9.17) is 0 Å². The second kappa shape index (κ2) is 5.31. The van der Waals surface area contributed by atoms with Crippen LogP contribution < -0.4 is 0 Å². The lowest BCUT2D eigenvalue weighted by Gasteiger charge is -2.26. The number of carbonyl (C=O) groups is 1. The average molecular weight is 237 g/mol. The molecule has 1 aromatic heterocycles. The van der Waals surface area contributed by atoms with Gasteiger partial charge in [-0.3, -0.25) is 9.69 Å². The van der Waals surface area contributed by atoms with Gasteiger partial charge >= 0.3 is 5.97 Å². The van der Waals surface area contributed by atoms with Gasteiger partial charge in [0.2, 0.25) is 0 Å². The highest BCUT2D eigenvalue weighted by Gasteiger charge is 2.27. The van der Waals surface area contributed by atoms with Gasteiger partial charge in [0, 0.05) is 19.4 Å². The number of aryl methyl sites for hydroxylation is 1. The molecule has 1 aliphatic heterocycles. The Morgan fingerprint density at radius 1 is 1.53 bits per heavy atom. The fourth-order valence-corrected chi connectivity index (χ4v) is 2.37. The van der Waals surface area contributed by atoms with Gasteiger partial charge in [-0.2, -0.15) is 0 Å². The summed E-state index contributed by atoms with van der Waals surface area (Å²) in [6.45, 7) is 1.48. The van der Waals surface area contributed by atoms with E-state index in [1.165, 1.54) is 0 Å². The third-order valence-electron chi connectivity index (χ3n) is 3.41. The van der Waals surface area contributed by atoms with Crippen LogP contribution in [0.25, 0.3) is 0 Å². The Morgan fingerprint density at radius 2 is 2.35 bits per heavy atom. The molecule has 1 N–H and O–H groups in total. The molecule has 0 aromatic carbocycles. The highest BCUT2D eigenvalue weighted by atomic mass is 16.4. The Balaban J connectivity index is 2.10. The van der Waals surface area contributed by atoms with Crippen LogP contribution in [-0.4, -0.2) is 38.1 Å². The average Bonchev–Trinajstić information content (AvgIpc) is 2.55. The van der Waals surface area contributed by atoms with Gasteiger partial charge in [-0.15, -0.1) is 0 Å². The highest BCUT2D eigenvalue weighted by Crippen LogP contribution is 2.18. The normalized spacial score (nSPS) is 22.3. The zero-order valence-electron chi connectivity index (χ0n) is 10.2. The number of hydrogen-bond acceptors (Lipinski definition) is 3. The second-order valence-electron chi connectivity index (χ2n) is 4.63. The molecule has 0 bridgehead atoms. The smallest absolute Gasteiger partial charge is 0.320 e. The summed E-state index contributed by atoms with van der Waals surface area (Å²) in [6.07, 6.45) is 7.61. The Kier molecular flexibility index (Phi) is 3.78. The predicted molar refractivity (Wildman–Crippen MR) is 63.5 cm³/mol. The molecular weight excluding hydrogens is 218 g/mol. The number of rotatable bonds is 3. The number of imidazole rings is 1. The monoisotopic (exact) mass is 237 g/mol. The first-order valence-electron chi connectivity index (χ1n) is 6.11. The minimum atomic E-state index is -0.707. The SMILES string of the molecule is Cn1ccnc1CN1CCCCCC1C(=O)O. The summed E-state index contributed by atoms with van der Waals surface area (Å²) < 4.78 is 1.95. The topological polar surface area (TPSA) is 58.4 Å². The third kappa shape index (κ3) is 2.85. The summed E-state index contributed by atoms with van der Waals surface area (Å²) in [6, 6.07) is -0.353. The molecule has 1 aromatic rings. The number of hydrogen-bond donors (Lipinski definition) is 1. The Hall–Kier alpha value is -1.36. The van der Waals surface area contributed by atoms with Gasteiger partial charge in [-0.05, 0) is 19.4 Å². The van der Waals surface area contributed by atoms with E-state index in [0.29, 0.717) is 6.54 Å². The molecule has 1 aliphatic rings. The van der Waals surface area contributed by atoms with E-state index >= 15 is 0 Å². The maximum absolute atomic E-state index is 11.3. The van der Waals surface area contributed by atoms with Gasteiger partial charge in [0.1, 0.15) is 11.9 Å². The summed E-state index contributed by atoms with van der Waals surface area (Å²) in [5, 5.41) is 9.26. The fraction of sp³-hybridized carbons (Fsp3) is 0.667. The van der Waals surface area contributed by atoms with Crippen LogP contribution in [0.4, 0.5) is 0 Å². The van der Waals surface area contributed by atoms with E-state index < -0.39 is 5.97 Å². The molecule has 1 saturated heterocycles. The van der Waals surface area contributed by atoms with E-state index in [0.717, 1.165) is 38.1 Å². The van der Waals surface area contributed by atoms with Crippen molar-refractivity contribution >= 4 is 5.97 Å². The summed E-state index contributed by atoms with van der Waals surface area (Å²) in [5.41, 5.74) is 0. The molecule has 5 nitrogen and oxygen atoms in total. The quantitative estimate of drug-likeness (QED) is 0.859.